The lowest BCUT2D eigenvalue weighted by molar-refractivity contribution is 0.370. The molecular weight excluding hydrogens is 351 g/mol. The molecule has 1 aliphatic rings. The van der Waals surface area contributed by atoms with Gasteiger partial charge in [-0.05, 0) is 37.1 Å². The molecule has 24 heavy (non-hydrogen) atoms. The monoisotopic (exact) mass is 366 g/mol. The van der Waals surface area contributed by atoms with Gasteiger partial charge in [-0.1, -0.05) is 34.8 Å². The van der Waals surface area contributed by atoms with Gasteiger partial charge in [0.05, 0.1) is 5.54 Å². The lowest BCUT2D eigenvalue weighted by atomic mass is 9.99. The van der Waals surface area contributed by atoms with Crippen LogP contribution in [0.4, 0.5) is 0 Å². The summed E-state index contributed by atoms with van der Waals surface area (Å²) in [6, 6.07) is 9.07. The molecule has 6 nitrogen and oxygen atoms in total. The molecule has 0 unspecified atom stereocenters. The summed E-state index contributed by atoms with van der Waals surface area (Å²) >= 11 is 5.89. The number of aromatic nitrogens is 3. The van der Waals surface area contributed by atoms with Crippen LogP contribution in [0.5, 0.6) is 0 Å². The standard InChI is InChI=1S/C16H15ClN4O2.ClH/c17-11-5-3-10(4-6-11)13-9-12(20-22-13)14-19-15(21-23-14)16(18)7-1-2-8-16;/h3-6,9H,1-2,7-8,18H2;1H. The Balaban J connectivity index is 0.00000169. The minimum atomic E-state index is -0.482. The number of hydrogen-bond donors (Lipinski definition) is 1. The second-order valence-electron chi connectivity index (χ2n) is 5.87. The molecule has 1 fully saturated rings. The van der Waals surface area contributed by atoms with Crippen LogP contribution in [0, 0.1) is 0 Å². The first kappa shape index (κ1) is 17.0. The maximum atomic E-state index is 6.34. The predicted octanol–water partition coefficient (Wildman–Crippen LogP) is 4.19. The van der Waals surface area contributed by atoms with Crippen molar-refractivity contribution in [3.05, 3.63) is 41.2 Å². The van der Waals surface area contributed by atoms with Crippen LogP contribution in [0.25, 0.3) is 22.9 Å². The van der Waals surface area contributed by atoms with E-state index in [1.165, 1.54) is 0 Å². The third-order valence-corrected chi connectivity index (χ3v) is 4.48. The molecule has 1 aromatic carbocycles. The van der Waals surface area contributed by atoms with Crippen molar-refractivity contribution in [2.75, 3.05) is 0 Å². The van der Waals surface area contributed by atoms with Crippen molar-refractivity contribution in [2.24, 2.45) is 5.73 Å². The Hall–Kier alpha value is -1.89. The Morgan fingerprint density at radius 2 is 1.75 bits per heavy atom. The third-order valence-electron chi connectivity index (χ3n) is 4.23. The first-order chi connectivity index (χ1) is 11.1. The van der Waals surface area contributed by atoms with E-state index in [0.717, 1.165) is 31.2 Å². The van der Waals surface area contributed by atoms with Crippen LogP contribution in [0.15, 0.2) is 39.4 Å². The Morgan fingerprint density at radius 3 is 2.46 bits per heavy atom. The van der Waals surface area contributed by atoms with Crippen molar-refractivity contribution in [1.29, 1.82) is 0 Å². The van der Waals surface area contributed by atoms with Crippen LogP contribution >= 0.6 is 24.0 Å². The Morgan fingerprint density at radius 1 is 1.04 bits per heavy atom. The fourth-order valence-corrected chi connectivity index (χ4v) is 3.01. The van der Waals surface area contributed by atoms with Gasteiger partial charge >= 0.3 is 0 Å². The van der Waals surface area contributed by atoms with Crippen molar-refractivity contribution in [3.8, 4) is 22.9 Å². The van der Waals surface area contributed by atoms with E-state index in [-0.39, 0.29) is 12.4 Å². The lowest BCUT2D eigenvalue weighted by Crippen LogP contribution is -2.34. The second-order valence-corrected chi connectivity index (χ2v) is 6.31. The molecule has 0 bridgehead atoms. The summed E-state index contributed by atoms with van der Waals surface area (Å²) in [5, 5.41) is 8.70. The zero-order valence-electron chi connectivity index (χ0n) is 12.7. The van der Waals surface area contributed by atoms with Crippen molar-refractivity contribution in [2.45, 2.75) is 31.2 Å². The molecule has 0 spiro atoms. The first-order valence-electron chi connectivity index (χ1n) is 7.50. The summed E-state index contributed by atoms with van der Waals surface area (Å²) in [6.45, 7) is 0. The van der Waals surface area contributed by atoms with Crippen molar-refractivity contribution in [3.63, 3.8) is 0 Å². The average molecular weight is 367 g/mol. The van der Waals surface area contributed by atoms with Crippen LogP contribution in [-0.4, -0.2) is 15.3 Å². The zero-order chi connectivity index (χ0) is 15.9. The van der Waals surface area contributed by atoms with E-state index < -0.39 is 5.54 Å². The molecule has 0 saturated heterocycles. The van der Waals surface area contributed by atoms with Crippen LogP contribution in [-0.2, 0) is 5.54 Å². The summed E-state index contributed by atoms with van der Waals surface area (Å²) in [7, 11) is 0. The molecule has 4 rings (SSSR count). The molecule has 0 aliphatic heterocycles. The Bertz CT molecular complexity index is 823. The summed E-state index contributed by atoms with van der Waals surface area (Å²) in [5.74, 6) is 1.47. The summed E-state index contributed by atoms with van der Waals surface area (Å²) in [5.41, 5.74) is 7.23. The lowest BCUT2D eigenvalue weighted by Gasteiger charge is -2.17. The molecular formula is C16H16Cl2N4O2. The molecule has 2 N–H and O–H groups in total. The number of nitrogens with zero attached hydrogens (tertiary/aromatic N) is 3. The Labute approximate surface area is 149 Å². The van der Waals surface area contributed by atoms with E-state index in [0.29, 0.717) is 28.2 Å². The molecule has 3 aromatic rings. The van der Waals surface area contributed by atoms with Gasteiger partial charge in [0.1, 0.15) is 0 Å². The highest BCUT2D eigenvalue weighted by Crippen LogP contribution is 2.35. The summed E-state index contributed by atoms with van der Waals surface area (Å²) in [4.78, 5) is 4.41. The van der Waals surface area contributed by atoms with Gasteiger partial charge in [0, 0.05) is 16.7 Å². The highest BCUT2D eigenvalue weighted by molar-refractivity contribution is 6.30. The maximum Gasteiger partial charge on any atom is 0.280 e. The molecule has 1 saturated carbocycles. The van der Waals surface area contributed by atoms with E-state index in [1.807, 2.05) is 12.1 Å². The van der Waals surface area contributed by atoms with Gasteiger partial charge in [-0.25, -0.2) is 0 Å². The third kappa shape index (κ3) is 3.05. The van der Waals surface area contributed by atoms with Gasteiger partial charge in [0.25, 0.3) is 5.89 Å². The largest absolute Gasteiger partial charge is 0.355 e. The van der Waals surface area contributed by atoms with E-state index in [4.69, 9.17) is 26.4 Å². The van der Waals surface area contributed by atoms with E-state index in [2.05, 4.69) is 15.3 Å². The SMILES string of the molecule is Cl.NC1(c2noc(-c3cc(-c4ccc(Cl)cc4)on3)n2)CCCC1. The zero-order valence-corrected chi connectivity index (χ0v) is 14.3. The van der Waals surface area contributed by atoms with Crippen LogP contribution in [0.2, 0.25) is 5.02 Å². The molecule has 2 aromatic heterocycles. The first-order valence-corrected chi connectivity index (χ1v) is 7.88. The fraction of sp³-hybridized carbons (Fsp3) is 0.312. The van der Waals surface area contributed by atoms with E-state index >= 15 is 0 Å². The topological polar surface area (TPSA) is 91.0 Å². The second kappa shape index (κ2) is 6.55. The normalized spacial score (nSPS) is 16.1. The van der Waals surface area contributed by atoms with Gasteiger partial charge in [0.2, 0.25) is 0 Å². The highest BCUT2D eigenvalue weighted by atomic mass is 35.5. The number of rotatable bonds is 3. The number of nitrogens with two attached hydrogens (primary N) is 1. The van der Waals surface area contributed by atoms with Gasteiger partial charge in [-0.2, -0.15) is 4.98 Å². The number of hydrogen-bond acceptors (Lipinski definition) is 6. The fourth-order valence-electron chi connectivity index (χ4n) is 2.89. The van der Waals surface area contributed by atoms with Gasteiger partial charge in [-0.3, -0.25) is 0 Å². The Kier molecular flexibility index (Phi) is 4.62. The quantitative estimate of drug-likeness (QED) is 0.746. The van der Waals surface area contributed by atoms with Crippen molar-refractivity contribution in [1.82, 2.24) is 15.3 Å². The molecule has 2 heterocycles. The van der Waals surface area contributed by atoms with Crippen LogP contribution < -0.4 is 5.73 Å². The molecule has 0 radical (unpaired) electrons. The van der Waals surface area contributed by atoms with Gasteiger partial charge in [-0.15, -0.1) is 12.4 Å². The molecule has 126 valence electrons. The van der Waals surface area contributed by atoms with Crippen molar-refractivity contribution >= 4 is 24.0 Å². The van der Waals surface area contributed by atoms with Gasteiger partial charge < -0.3 is 14.8 Å². The summed E-state index contributed by atoms with van der Waals surface area (Å²) in [6.07, 6.45) is 3.93. The highest BCUT2D eigenvalue weighted by Gasteiger charge is 2.36. The van der Waals surface area contributed by atoms with Crippen molar-refractivity contribution < 1.29 is 9.05 Å². The molecule has 1 aliphatic carbocycles. The summed E-state index contributed by atoms with van der Waals surface area (Å²) < 4.78 is 10.7. The number of halogens is 2. The van der Waals surface area contributed by atoms with E-state index in [1.54, 1.807) is 18.2 Å². The van der Waals surface area contributed by atoms with Crippen LogP contribution in [0.1, 0.15) is 31.5 Å². The molecule has 0 amide bonds. The minimum Gasteiger partial charge on any atom is -0.355 e. The van der Waals surface area contributed by atoms with Crippen LogP contribution in [0.3, 0.4) is 0 Å². The smallest absolute Gasteiger partial charge is 0.280 e. The van der Waals surface area contributed by atoms with Gasteiger partial charge in [0.15, 0.2) is 17.3 Å². The average Bonchev–Trinajstić information content (AvgIpc) is 3.28. The predicted molar refractivity (Wildman–Crippen MR) is 91.8 cm³/mol. The van der Waals surface area contributed by atoms with E-state index in [9.17, 15) is 0 Å². The minimum absolute atomic E-state index is 0. The number of benzene rings is 1. The molecule has 0 atom stereocenters. The molecule has 8 heteroatoms. The maximum absolute atomic E-state index is 6.34.